The van der Waals surface area contributed by atoms with E-state index in [0.717, 1.165) is 52.8 Å². The fraction of sp³-hybridized carbons (Fsp3) is 0.375. The van der Waals surface area contributed by atoms with Crippen LogP contribution in [0.25, 0.3) is 22.3 Å². The zero-order chi connectivity index (χ0) is 20.8. The summed E-state index contributed by atoms with van der Waals surface area (Å²) in [5.41, 5.74) is 4.96. The number of aromatic nitrogens is 2. The van der Waals surface area contributed by atoms with Crippen LogP contribution in [0.2, 0.25) is 0 Å². The zero-order valence-corrected chi connectivity index (χ0v) is 17.3. The molecule has 30 heavy (non-hydrogen) atoms. The summed E-state index contributed by atoms with van der Waals surface area (Å²) < 4.78 is 7.63. The lowest BCUT2D eigenvalue weighted by atomic mass is 10.0. The molecule has 6 nitrogen and oxygen atoms in total. The summed E-state index contributed by atoms with van der Waals surface area (Å²) in [4.78, 5) is 30.6. The third-order valence-corrected chi connectivity index (χ3v) is 6.28. The maximum Gasteiger partial charge on any atom is 0.323 e. The van der Waals surface area contributed by atoms with Gasteiger partial charge in [-0.1, -0.05) is 25.1 Å². The molecule has 2 aliphatic rings. The predicted molar refractivity (Wildman–Crippen MR) is 115 cm³/mol. The lowest BCUT2D eigenvalue weighted by Gasteiger charge is -2.21. The molecule has 1 N–H and O–H groups in total. The first kappa shape index (κ1) is 19.0. The highest BCUT2D eigenvalue weighted by molar-refractivity contribution is 5.84. The van der Waals surface area contributed by atoms with Gasteiger partial charge in [0.25, 0.3) is 5.56 Å². The van der Waals surface area contributed by atoms with Gasteiger partial charge in [-0.15, -0.1) is 0 Å². The summed E-state index contributed by atoms with van der Waals surface area (Å²) in [6, 6.07) is 11.8. The smallest absolute Gasteiger partial charge is 0.323 e. The number of nitrogens with zero attached hydrogens (tertiary/aromatic N) is 2. The van der Waals surface area contributed by atoms with Crippen molar-refractivity contribution in [3.8, 4) is 11.4 Å². The predicted octanol–water partition coefficient (Wildman–Crippen LogP) is 3.48. The van der Waals surface area contributed by atoms with E-state index >= 15 is 0 Å². The van der Waals surface area contributed by atoms with Gasteiger partial charge in [0.05, 0.1) is 23.4 Å². The second-order valence-electron chi connectivity index (χ2n) is 8.17. The molecule has 2 aromatic heterocycles. The van der Waals surface area contributed by atoms with Crippen LogP contribution in [0.15, 0.2) is 41.2 Å². The van der Waals surface area contributed by atoms with Crippen molar-refractivity contribution in [1.82, 2.24) is 14.9 Å². The number of nitrogens with one attached hydrogen (secondary N) is 1. The Morgan fingerprint density at radius 3 is 2.93 bits per heavy atom. The molecule has 0 aliphatic carbocycles. The van der Waals surface area contributed by atoms with Crippen molar-refractivity contribution in [3.05, 3.63) is 63.4 Å². The lowest BCUT2D eigenvalue weighted by molar-refractivity contribution is -0.151. The highest BCUT2D eigenvalue weighted by Crippen LogP contribution is 2.35. The third kappa shape index (κ3) is 3.03. The van der Waals surface area contributed by atoms with E-state index in [0.29, 0.717) is 18.5 Å². The number of esters is 1. The average molecular weight is 403 g/mol. The Labute approximate surface area is 174 Å². The highest BCUT2D eigenvalue weighted by atomic mass is 16.5. The van der Waals surface area contributed by atoms with Crippen LogP contribution in [0.4, 0.5) is 0 Å². The number of hydrogen-bond acceptors (Lipinski definition) is 5. The molecule has 2 atom stereocenters. The van der Waals surface area contributed by atoms with E-state index in [2.05, 4.69) is 11.4 Å². The van der Waals surface area contributed by atoms with Gasteiger partial charge in [-0.2, -0.15) is 0 Å². The third-order valence-electron chi connectivity index (χ3n) is 6.28. The molecule has 5 rings (SSSR count). The van der Waals surface area contributed by atoms with Gasteiger partial charge in [-0.3, -0.25) is 9.59 Å². The normalized spacial score (nSPS) is 18.3. The standard InChI is InChI=1S/C24H25N3O3/c1-3-21(30-24(29)19-9-6-10-25-19)17-12-20-22-16(13-27(20)23(28)14(17)2)11-15-7-4-5-8-18(15)26-22/h4-5,7-8,11-12,19,21,25H,3,6,9-10,13H2,1-2H3/t19-,21?/m0/s1. The van der Waals surface area contributed by atoms with Gasteiger partial charge < -0.3 is 14.6 Å². The first-order valence-corrected chi connectivity index (χ1v) is 10.6. The minimum absolute atomic E-state index is 0.0435. The Balaban J connectivity index is 1.57. The summed E-state index contributed by atoms with van der Waals surface area (Å²) in [5, 5.41) is 4.25. The number of ether oxygens (including phenoxy) is 1. The number of hydrogen-bond donors (Lipinski definition) is 1. The van der Waals surface area contributed by atoms with Gasteiger partial charge in [0, 0.05) is 22.1 Å². The summed E-state index contributed by atoms with van der Waals surface area (Å²) >= 11 is 0. The fourth-order valence-electron chi connectivity index (χ4n) is 4.60. The number of pyridine rings is 2. The molecule has 1 fully saturated rings. The van der Waals surface area contributed by atoms with E-state index in [1.54, 1.807) is 4.57 Å². The van der Waals surface area contributed by atoms with Gasteiger partial charge in [0.2, 0.25) is 0 Å². The zero-order valence-electron chi connectivity index (χ0n) is 17.3. The average Bonchev–Trinajstić information content (AvgIpc) is 3.41. The largest absolute Gasteiger partial charge is 0.456 e. The van der Waals surface area contributed by atoms with E-state index in [1.807, 2.05) is 44.2 Å². The van der Waals surface area contributed by atoms with E-state index in [1.165, 1.54) is 0 Å². The molecule has 6 heteroatoms. The number of carbonyl (C=O) groups is 1. The first-order chi connectivity index (χ1) is 14.6. The molecule has 4 heterocycles. The number of fused-ring (bicyclic) bond motifs is 4. The Kier molecular flexibility index (Phi) is 4.66. The number of rotatable bonds is 4. The molecule has 0 spiro atoms. The number of carbonyl (C=O) groups excluding carboxylic acids is 1. The second-order valence-corrected chi connectivity index (χ2v) is 8.17. The van der Waals surface area contributed by atoms with Gasteiger partial charge in [-0.25, -0.2) is 4.98 Å². The summed E-state index contributed by atoms with van der Waals surface area (Å²) in [7, 11) is 0. The minimum Gasteiger partial charge on any atom is -0.456 e. The van der Waals surface area contributed by atoms with Crippen molar-refractivity contribution in [2.24, 2.45) is 0 Å². The Morgan fingerprint density at radius 2 is 2.17 bits per heavy atom. The van der Waals surface area contributed by atoms with Crippen LogP contribution in [0.3, 0.4) is 0 Å². The molecule has 0 saturated carbocycles. The molecule has 0 radical (unpaired) electrons. The molecule has 3 aromatic rings. The maximum atomic E-state index is 13.2. The van der Waals surface area contributed by atoms with Crippen molar-refractivity contribution in [2.75, 3.05) is 6.54 Å². The Hall–Kier alpha value is -2.99. The van der Waals surface area contributed by atoms with Gasteiger partial charge >= 0.3 is 5.97 Å². The van der Waals surface area contributed by atoms with E-state index in [9.17, 15) is 9.59 Å². The molecule has 154 valence electrons. The number of para-hydroxylation sites is 1. The van der Waals surface area contributed by atoms with E-state index < -0.39 is 6.10 Å². The molecule has 1 unspecified atom stereocenters. The van der Waals surface area contributed by atoms with Crippen LogP contribution in [-0.4, -0.2) is 28.1 Å². The van der Waals surface area contributed by atoms with Gasteiger partial charge in [0.1, 0.15) is 12.1 Å². The minimum atomic E-state index is -0.442. The Morgan fingerprint density at radius 1 is 1.33 bits per heavy atom. The monoisotopic (exact) mass is 403 g/mol. The van der Waals surface area contributed by atoms with Crippen molar-refractivity contribution < 1.29 is 9.53 Å². The van der Waals surface area contributed by atoms with Crippen molar-refractivity contribution in [1.29, 1.82) is 0 Å². The lowest BCUT2D eigenvalue weighted by Crippen LogP contribution is -2.33. The summed E-state index contributed by atoms with van der Waals surface area (Å²) in [6.07, 6.45) is 1.95. The van der Waals surface area contributed by atoms with E-state index in [-0.39, 0.29) is 17.6 Å². The van der Waals surface area contributed by atoms with E-state index in [4.69, 9.17) is 9.72 Å². The van der Waals surface area contributed by atoms with Crippen molar-refractivity contribution >= 4 is 16.9 Å². The van der Waals surface area contributed by atoms with Crippen LogP contribution >= 0.6 is 0 Å². The molecule has 1 aromatic carbocycles. The van der Waals surface area contributed by atoms with Crippen LogP contribution in [0, 0.1) is 6.92 Å². The summed E-state index contributed by atoms with van der Waals surface area (Å²) in [5.74, 6) is -0.233. The SMILES string of the molecule is CCC(OC(=O)[C@@H]1CCCN1)c1cc2n(c(=O)c1C)Cc1cc3ccccc3nc1-2. The Bertz CT molecular complexity index is 1210. The fourth-order valence-corrected chi connectivity index (χ4v) is 4.60. The molecule has 1 saturated heterocycles. The molecule has 2 aliphatic heterocycles. The maximum absolute atomic E-state index is 13.2. The summed E-state index contributed by atoms with van der Waals surface area (Å²) in [6.45, 7) is 5.16. The van der Waals surface area contributed by atoms with Crippen molar-refractivity contribution in [2.45, 2.75) is 51.8 Å². The highest BCUT2D eigenvalue weighted by Gasteiger charge is 2.30. The topological polar surface area (TPSA) is 73.2 Å². The molecular weight excluding hydrogens is 378 g/mol. The van der Waals surface area contributed by atoms with Crippen molar-refractivity contribution in [3.63, 3.8) is 0 Å². The quantitative estimate of drug-likeness (QED) is 0.528. The van der Waals surface area contributed by atoms with Crippen LogP contribution in [0.5, 0.6) is 0 Å². The molecular formula is C24H25N3O3. The first-order valence-electron chi connectivity index (χ1n) is 10.6. The second kappa shape index (κ2) is 7.36. The van der Waals surface area contributed by atoms with Crippen LogP contribution in [-0.2, 0) is 16.1 Å². The van der Waals surface area contributed by atoms with Gasteiger partial charge in [0.15, 0.2) is 0 Å². The molecule has 0 amide bonds. The van der Waals surface area contributed by atoms with Crippen LogP contribution in [0.1, 0.15) is 49.0 Å². The number of benzene rings is 1. The molecule has 0 bridgehead atoms. The van der Waals surface area contributed by atoms with Crippen LogP contribution < -0.4 is 10.9 Å². The van der Waals surface area contributed by atoms with Gasteiger partial charge in [-0.05, 0) is 50.9 Å².